The highest BCUT2D eigenvalue weighted by Crippen LogP contribution is 2.52. The van der Waals surface area contributed by atoms with Crippen LogP contribution in [0.1, 0.15) is 36.5 Å². The zero-order chi connectivity index (χ0) is 24.2. The van der Waals surface area contributed by atoms with Crippen molar-refractivity contribution in [2.75, 3.05) is 6.61 Å². The van der Waals surface area contributed by atoms with Crippen LogP contribution in [0.4, 0.5) is 0 Å². The van der Waals surface area contributed by atoms with Crippen molar-refractivity contribution in [2.45, 2.75) is 40.5 Å². The summed E-state index contributed by atoms with van der Waals surface area (Å²) in [5.74, 6) is 2.24. The van der Waals surface area contributed by atoms with Crippen molar-refractivity contribution in [3.63, 3.8) is 0 Å². The van der Waals surface area contributed by atoms with Crippen molar-refractivity contribution in [3.8, 4) is 17.2 Å². The van der Waals surface area contributed by atoms with Crippen LogP contribution in [0, 0.1) is 20.8 Å². The van der Waals surface area contributed by atoms with E-state index in [-0.39, 0.29) is 8.96 Å². The summed E-state index contributed by atoms with van der Waals surface area (Å²) >= 11 is 0. The Morgan fingerprint density at radius 1 is 0.794 bits per heavy atom. The molecule has 6 nitrogen and oxygen atoms in total. The van der Waals surface area contributed by atoms with E-state index in [1.807, 2.05) is 93.6 Å². The molecule has 0 amide bonds. The molecule has 3 aromatic carbocycles. The predicted molar refractivity (Wildman–Crippen MR) is 143 cm³/mol. The number of unbranched alkanes of at least 4 members (excludes halogenated alkanes) is 1. The molecule has 2 unspecified atom stereocenters. The zero-order valence-electron chi connectivity index (χ0n) is 20.0. The summed E-state index contributed by atoms with van der Waals surface area (Å²) in [6.07, 6.45) is 1.95. The molecule has 0 spiro atoms. The van der Waals surface area contributed by atoms with Crippen LogP contribution >= 0.6 is 26.0 Å². The number of nitrogens with zero attached hydrogens (tertiary/aromatic N) is 2. The molecule has 9 heteroatoms. The van der Waals surface area contributed by atoms with Gasteiger partial charge in [-0.05, 0) is 63.6 Å². The molecule has 3 rings (SSSR count). The molecule has 3 aromatic rings. The number of aryl methyl sites for hydroxylation is 3. The van der Waals surface area contributed by atoms with Crippen molar-refractivity contribution in [2.24, 2.45) is 4.52 Å². The lowest BCUT2D eigenvalue weighted by Crippen LogP contribution is -2.13. The van der Waals surface area contributed by atoms with E-state index >= 15 is 0 Å². The van der Waals surface area contributed by atoms with E-state index in [2.05, 4.69) is 11.4 Å². The lowest BCUT2D eigenvalue weighted by molar-refractivity contribution is -0.0180. The summed E-state index contributed by atoms with van der Waals surface area (Å²) in [5.41, 5.74) is 3.52. The van der Waals surface area contributed by atoms with Crippen LogP contribution in [0.25, 0.3) is 0 Å². The molecule has 0 heterocycles. The molecule has 34 heavy (non-hydrogen) atoms. The number of benzene rings is 3. The summed E-state index contributed by atoms with van der Waals surface area (Å²) in [5, 5.41) is 0. The topological polar surface area (TPSA) is 52.5 Å². The van der Waals surface area contributed by atoms with E-state index in [0.717, 1.165) is 35.7 Å². The van der Waals surface area contributed by atoms with Gasteiger partial charge in [0.15, 0.2) is 8.96 Å². The van der Waals surface area contributed by atoms with Gasteiger partial charge >= 0.3 is 8.45 Å². The van der Waals surface area contributed by atoms with Gasteiger partial charge in [0.05, 0.1) is 6.61 Å². The van der Waals surface area contributed by atoms with Gasteiger partial charge in [-0.3, -0.25) is 4.84 Å². The van der Waals surface area contributed by atoms with Gasteiger partial charge in [-0.2, -0.15) is 0 Å². The van der Waals surface area contributed by atoms with E-state index in [9.17, 15) is 0 Å². The largest absolute Gasteiger partial charge is 0.458 e. The molecular formula is C25H31N2O4P3. The van der Waals surface area contributed by atoms with Crippen LogP contribution in [0.2, 0.25) is 0 Å². The first-order valence-corrected chi connectivity index (χ1v) is 13.9. The highest BCUT2D eigenvalue weighted by molar-refractivity contribution is 7.60. The van der Waals surface area contributed by atoms with Crippen LogP contribution in [0.15, 0.2) is 77.3 Å². The van der Waals surface area contributed by atoms with Gasteiger partial charge < -0.3 is 13.6 Å². The second-order valence-corrected chi connectivity index (χ2v) is 11.0. The summed E-state index contributed by atoms with van der Waals surface area (Å²) < 4.78 is 24.5. The third kappa shape index (κ3) is 9.29. The number of hydrogen-bond acceptors (Lipinski definition) is 6. The molecule has 180 valence electrons. The summed E-state index contributed by atoms with van der Waals surface area (Å²) in [4.78, 5) is 6.08. The Kier molecular flexibility index (Phi) is 11.2. The Bertz CT molecular complexity index is 1020. The van der Waals surface area contributed by atoms with Crippen molar-refractivity contribution >= 4 is 26.0 Å². The van der Waals surface area contributed by atoms with Crippen LogP contribution < -0.4 is 13.6 Å². The molecular weight excluding hydrogens is 485 g/mol. The van der Waals surface area contributed by atoms with Gasteiger partial charge in [-0.25, -0.2) is 0 Å². The average Bonchev–Trinajstić information content (AvgIpc) is 2.84. The van der Waals surface area contributed by atoms with Crippen molar-refractivity contribution in [1.29, 1.82) is 0 Å². The summed E-state index contributed by atoms with van der Waals surface area (Å²) in [6, 6.07) is 23.7. The molecule has 0 saturated carbocycles. The second kappa shape index (κ2) is 14.4. The van der Waals surface area contributed by atoms with Crippen LogP contribution in [0.3, 0.4) is 0 Å². The maximum atomic E-state index is 6.27. The average molecular weight is 516 g/mol. The maximum absolute atomic E-state index is 6.27. The summed E-state index contributed by atoms with van der Waals surface area (Å²) in [7, 11) is -1.25. The zero-order valence-corrected chi connectivity index (χ0v) is 22.8. The SMILES string of the molecule is CCCCON(POc1ccc(C)cc1)P(N=POc1ccc(C)cc1)Oc1ccc(C)cc1. The highest BCUT2D eigenvalue weighted by Gasteiger charge is 2.25. The minimum absolute atomic E-state index is 0.124. The third-order valence-corrected chi connectivity index (χ3v) is 7.99. The molecule has 0 N–H and O–H groups in total. The second-order valence-electron chi connectivity index (χ2n) is 7.70. The van der Waals surface area contributed by atoms with E-state index < -0.39 is 8.45 Å². The fraction of sp³-hybridized carbons (Fsp3) is 0.280. The van der Waals surface area contributed by atoms with Gasteiger partial charge in [-0.15, -0.1) is 4.52 Å². The Hall–Kier alpha value is -2.06. The van der Waals surface area contributed by atoms with Gasteiger partial charge in [0.2, 0.25) is 0 Å². The molecule has 0 aliphatic heterocycles. The number of hydrogen-bond donors (Lipinski definition) is 0. The lowest BCUT2D eigenvalue weighted by atomic mass is 10.2. The van der Waals surface area contributed by atoms with Gasteiger partial charge in [0.25, 0.3) is 8.60 Å². The van der Waals surface area contributed by atoms with E-state index in [1.54, 1.807) is 4.60 Å². The fourth-order valence-electron chi connectivity index (χ4n) is 2.58. The molecule has 0 bridgehead atoms. The molecule has 0 aliphatic carbocycles. The molecule has 2 atom stereocenters. The Morgan fingerprint density at radius 2 is 1.32 bits per heavy atom. The van der Waals surface area contributed by atoms with Gasteiger partial charge in [0, 0.05) is 0 Å². The smallest absolute Gasteiger partial charge is 0.337 e. The monoisotopic (exact) mass is 516 g/mol. The first kappa shape index (κ1) is 26.5. The lowest BCUT2D eigenvalue weighted by Gasteiger charge is -2.25. The van der Waals surface area contributed by atoms with E-state index in [4.69, 9.17) is 18.4 Å². The van der Waals surface area contributed by atoms with Crippen molar-refractivity contribution in [1.82, 2.24) is 4.60 Å². The molecule has 0 saturated heterocycles. The van der Waals surface area contributed by atoms with E-state index in [0.29, 0.717) is 15.2 Å². The molecule has 0 fully saturated rings. The van der Waals surface area contributed by atoms with Gasteiger partial charge in [-0.1, -0.05) is 71.0 Å². The minimum Gasteiger partial charge on any atom is -0.458 e. The van der Waals surface area contributed by atoms with E-state index in [1.165, 1.54) is 11.1 Å². The predicted octanol–water partition coefficient (Wildman–Crippen LogP) is 8.96. The Labute approximate surface area is 207 Å². The molecule has 0 radical (unpaired) electrons. The minimum atomic E-state index is -1.55. The Balaban J connectivity index is 1.77. The standard InChI is InChI=1S/C25H31N2O4P3/c1-5-6-19-28-27(33-30-24-15-9-21(3)10-16-24)34(31-25-17-11-22(4)12-18-25)26-32-29-23-13-7-20(2)8-14-23/h7-18,33H,5-6,19H2,1-4H3. The molecule has 0 aromatic heterocycles. The Morgan fingerprint density at radius 3 is 1.88 bits per heavy atom. The fourth-order valence-corrected chi connectivity index (χ4v) is 5.55. The number of rotatable bonds is 13. The van der Waals surface area contributed by atoms with Crippen LogP contribution in [-0.2, 0) is 4.84 Å². The van der Waals surface area contributed by atoms with Crippen molar-refractivity contribution in [3.05, 3.63) is 89.5 Å². The highest BCUT2D eigenvalue weighted by atomic mass is 31.2. The van der Waals surface area contributed by atoms with Crippen molar-refractivity contribution < 1.29 is 18.4 Å². The first-order valence-electron chi connectivity index (χ1n) is 11.1. The summed E-state index contributed by atoms with van der Waals surface area (Å²) in [6.45, 7) is 8.82. The quantitative estimate of drug-likeness (QED) is 0.129. The third-order valence-electron chi connectivity index (χ3n) is 4.62. The normalized spacial score (nSPS) is 12.5. The van der Waals surface area contributed by atoms with Crippen LogP contribution in [-0.4, -0.2) is 11.2 Å². The van der Waals surface area contributed by atoms with Crippen LogP contribution in [0.5, 0.6) is 17.2 Å². The van der Waals surface area contributed by atoms with Gasteiger partial charge in [0.1, 0.15) is 17.2 Å². The first-order chi connectivity index (χ1) is 16.5. The maximum Gasteiger partial charge on any atom is 0.337 e. The molecule has 0 aliphatic rings.